The molecule has 0 radical (unpaired) electrons. The fraction of sp³-hybridized carbons (Fsp3) is 0.467. The van der Waals surface area contributed by atoms with E-state index in [-0.39, 0.29) is 11.9 Å². The first-order valence-corrected chi connectivity index (χ1v) is 7.79. The first-order chi connectivity index (χ1) is 10.1. The summed E-state index contributed by atoms with van der Waals surface area (Å²) in [6.45, 7) is 5.56. The Hall–Kier alpha value is -1.40. The van der Waals surface area contributed by atoms with Gasteiger partial charge in [-0.1, -0.05) is 22.0 Å². The molecule has 1 N–H and O–H groups in total. The molecule has 0 spiro atoms. The van der Waals surface area contributed by atoms with Gasteiger partial charge >= 0.3 is 5.97 Å². The Balaban J connectivity index is 2.26. The van der Waals surface area contributed by atoms with Crippen molar-refractivity contribution in [2.75, 3.05) is 26.2 Å². The van der Waals surface area contributed by atoms with Crippen LogP contribution in [0.1, 0.15) is 22.8 Å². The lowest BCUT2D eigenvalue weighted by molar-refractivity contribution is -0.149. The van der Waals surface area contributed by atoms with Gasteiger partial charge in [0.05, 0.1) is 6.61 Å². The second kappa shape index (κ2) is 7.04. The van der Waals surface area contributed by atoms with Crippen molar-refractivity contribution in [3.05, 3.63) is 33.8 Å². The molecule has 5 nitrogen and oxygen atoms in total. The highest BCUT2D eigenvalue weighted by Crippen LogP contribution is 2.22. The van der Waals surface area contributed by atoms with Crippen molar-refractivity contribution in [3.8, 4) is 0 Å². The second-order valence-corrected chi connectivity index (χ2v) is 5.74. The summed E-state index contributed by atoms with van der Waals surface area (Å²) in [6, 6.07) is 4.94. The predicted molar refractivity (Wildman–Crippen MR) is 83.2 cm³/mol. The second-order valence-electron chi connectivity index (χ2n) is 4.88. The summed E-state index contributed by atoms with van der Waals surface area (Å²) in [5.41, 5.74) is 1.49. The number of nitrogens with one attached hydrogen (secondary N) is 1. The van der Waals surface area contributed by atoms with Crippen molar-refractivity contribution in [2.24, 2.45) is 0 Å². The van der Waals surface area contributed by atoms with Gasteiger partial charge in [-0.2, -0.15) is 0 Å². The molecule has 1 heterocycles. The highest BCUT2D eigenvalue weighted by Gasteiger charge is 2.34. The Bertz CT molecular complexity index is 548. The summed E-state index contributed by atoms with van der Waals surface area (Å²) in [6.07, 6.45) is 0. The van der Waals surface area contributed by atoms with Gasteiger partial charge in [-0.15, -0.1) is 0 Å². The Kier molecular flexibility index (Phi) is 5.36. The van der Waals surface area contributed by atoms with Crippen LogP contribution in [0.15, 0.2) is 22.7 Å². The molecule has 1 saturated heterocycles. The highest BCUT2D eigenvalue weighted by atomic mass is 79.9. The molecule has 1 aromatic carbocycles. The average Bonchev–Trinajstić information content (AvgIpc) is 2.49. The number of rotatable bonds is 3. The van der Waals surface area contributed by atoms with Crippen molar-refractivity contribution in [2.45, 2.75) is 19.9 Å². The Labute approximate surface area is 132 Å². The van der Waals surface area contributed by atoms with Gasteiger partial charge in [-0.05, 0) is 31.5 Å². The van der Waals surface area contributed by atoms with Crippen molar-refractivity contribution in [1.29, 1.82) is 0 Å². The third-order valence-corrected chi connectivity index (χ3v) is 4.42. The van der Waals surface area contributed by atoms with Gasteiger partial charge in [0.25, 0.3) is 5.91 Å². The number of carbonyl (C=O) groups is 2. The molecular formula is C15H19BrN2O3. The number of esters is 1. The number of nitrogens with zero attached hydrogens (tertiary/aromatic N) is 1. The van der Waals surface area contributed by atoms with Crippen LogP contribution < -0.4 is 5.32 Å². The lowest BCUT2D eigenvalue weighted by atomic mass is 10.1. The molecule has 1 aromatic rings. The first-order valence-electron chi connectivity index (χ1n) is 6.99. The van der Waals surface area contributed by atoms with Crippen molar-refractivity contribution in [3.63, 3.8) is 0 Å². The number of benzene rings is 1. The summed E-state index contributed by atoms with van der Waals surface area (Å²) in [4.78, 5) is 26.4. The van der Waals surface area contributed by atoms with E-state index in [2.05, 4.69) is 21.2 Å². The minimum Gasteiger partial charge on any atom is -0.464 e. The molecule has 2 rings (SSSR count). The van der Waals surface area contributed by atoms with Crippen LogP contribution in [0.4, 0.5) is 0 Å². The summed E-state index contributed by atoms with van der Waals surface area (Å²) in [5.74, 6) is -0.487. The van der Waals surface area contributed by atoms with Crippen LogP contribution >= 0.6 is 15.9 Å². The lowest BCUT2D eigenvalue weighted by Crippen LogP contribution is -2.57. The van der Waals surface area contributed by atoms with E-state index < -0.39 is 6.04 Å². The minimum absolute atomic E-state index is 0.131. The molecule has 1 fully saturated rings. The number of piperazine rings is 1. The summed E-state index contributed by atoms with van der Waals surface area (Å²) in [7, 11) is 0. The standard InChI is InChI=1S/C15H19BrN2O3/c1-3-21-15(20)13-9-17-7-8-18(13)14(19)11-5-4-6-12(16)10(11)2/h4-6,13,17H,3,7-9H2,1-2H3. The van der Waals surface area contributed by atoms with Gasteiger partial charge in [0.2, 0.25) is 0 Å². The zero-order chi connectivity index (χ0) is 15.4. The molecule has 1 aliphatic rings. The molecule has 0 aliphatic carbocycles. The maximum absolute atomic E-state index is 12.8. The Morgan fingerprint density at radius 1 is 1.48 bits per heavy atom. The molecule has 6 heteroatoms. The molecule has 0 bridgehead atoms. The molecule has 1 amide bonds. The molecule has 21 heavy (non-hydrogen) atoms. The largest absolute Gasteiger partial charge is 0.464 e. The zero-order valence-corrected chi connectivity index (χ0v) is 13.8. The van der Waals surface area contributed by atoms with Gasteiger partial charge in [-0.25, -0.2) is 4.79 Å². The van der Waals surface area contributed by atoms with E-state index in [0.29, 0.717) is 31.8 Å². The van der Waals surface area contributed by atoms with E-state index in [0.717, 1.165) is 10.0 Å². The van der Waals surface area contributed by atoms with Crippen LogP contribution in [0.5, 0.6) is 0 Å². The zero-order valence-electron chi connectivity index (χ0n) is 12.2. The maximum atomic E-state index is 12.8. The van der Waals surface area contributed by atoms with Crippen LogP contribution in [-0.4, -0.2) is 49.1 Å². The Morgan fingerprint density at radius 3 is 2.95 bits per heavy atom. The highest BCUT2D eigenvalue weighted by molar-refractivity contribution is 9.10. The SMILES string of the molecule is CCOC(=O)C1CNCCN1C(=O)c1cccc(Br)c1C. The van der Waals surface area contributed by atoms with E-state index in [1.807, 2.05) is 19.1 Å². The normalized spacial score (nSPS) is 18.4. The minimum atomic E-state index is -0.565. The Morgan fingerprint density at radius 2 is 2.24 bits per heavy atom. The monoisotopic (exact) mass is 354 g/mol. The van der Waals surface area contributed by atoms with Gasteiger partial charge in [0.15, 0.2) is 0 Å². The number of ether oxygens (including phenoxy) is 1. The lowest BCUT2D eigenvalue weighted by Gasteiger charge is -2.34. The molecule has 1 atom stereocenters. The number of hydrogen-bond donors (Lipinski definition) is 1. The van der Waals surface area contributed by atoms with Gasteiger partial charge < -0.3 is 15.0 Å². The topological polar surface area (TPSA) is 58.6 Å². The van der Waals surface area contributed by atoms with Crippen molar-refractivity contribution >= 4 is 27.8 Å². The van der Waals surface area contributed by atoms with E-state index in [1.54, 1.807) is 17.9 Å². The quantitative estimate of drug-likeness (QED) is 0.840. The maximum Gasteiger partial charge on any atom is 0.330 e. The van der Waals surface area contributed by atoms with Crippen molar-refractivity contribution in [1.82, 2.24) is 10.2 Å². The fourth-order valence-corrected chi connectivity index (χ4v) is 2.76. The van der Waals surface area contributed by atoms with Gasteiger partial charge in [-0.3, -0.25) is 4.79 Å². The van der Waals surface area contributed by atoms with E-state index in [9.17, 15) is 9.59 Å². The molecule has 114 valence electrons. The number of halogens is 1. The van der Waals surface area contributed by atoms with Crippen LogP contribution in [-0.2, 0) is 9.53 Å². The molecule has 0 saturated carbocycles. The van der Waals surface area contributed by atoms with Crippen LogP contribution in [0.25, 0.3) is 0 Å². The van der Waals surface area contributed by atoms with E-state index in [1.165, 1.54) is 0 Å². The van der Waals surface area contributed by atoms with E-state index >= 15 is 0 Å². The predicted octanol–water partition coefficient (Wildman–Crippen LogP) is 1.73. The molecular weight excluding hydrogens is 336 g/mol. The number of amides is 1. The molecule has 0 aromatic heterocycles. The third kappa shape index (κ3) is 3.44. The van der Waals surface area contributed by atoms with Crippen molar-refractivity contribution < 1.29 is 14.3 Å². The van der Waals surface area contributed by atoms with Gasteiger partial charge in [0, 0.05) is 29.7 Å². The van der Waals surface area contributed by atoms with Crippen LogP contribution in [0.2, 0.25) is 0 Å². The summed E-state index contributed by atoms with van der Waals surface area (Å²) < 4.78 is 5.95. The summed E-state index contributed by atoms with van der Waals surface area (Å²) in [5, 5.41) is 3.13. The van der Waals surface area contributed by atoms with Crippen LogP contribution in [0.3, 0.4) is 0 Å². The number of hydrogen-bond acceptors (Lipinski definition) is 4. The molecule has 1 unspecified atom stereocenters. The smallest absolute Gasteiger partial charge is 0.330 e. The summed E-state index contributed by atoms with van der Waals surface area (Å²) >= 11 is 3.43. The number of carbonyl (C=O) groups excluding carboxylic acids is 2. The first kappa shape index (κ1) is 16.0. The third-order valence-electron chi connectivity index (χ3n) is 3.56. The van der Waals surface area contributed by atoms with E-state index in [4.69, 9.17) is 4.74 Å². The van der Waals surface area contributed by atoms with Crippen LogP contribution in [0, 0.1) is 6.92 Å². The average molecular weight is 355 g/mol. The fourth-order valence-electron chi connectivity index (χ4n) is 2.39. The van der Waals surface area contributed by atoms with Gasteiger partial charge in [0.1, 0.15) is 6.04 Å². The molecule has 1 aliphatic heterocycles.